The lowest BCUT2D eigenvalue weighted by Crippen LogP contribution is -2.56. The molecule has 0 saturated carbocycles. The minimum absolute atomic E-state index is 0.00818. The van der Waals surface area contributed by atoms with Gasteiger partial charge in [-0.15, -0.1) is 0 Å². The predicted octanol–water partition coefficient (Wildman–Crippen LogP) is 1.82. The Bertz CT molecular complexity index is 2290. The molecule has 240 valence electrons. The van der Waals surface area contributed by atoms with Gasteiger partial charge in [-0.25, -0.2) is 10.4 Å². The van der Waals surface area contributed by atoms with Gasteiger partial charge in [0.15, 0.2) is 6.23 Å². The van der Waals surface area contributed by atoms with Crippen LogP contribution in [0.4, 0.5) is 0 Å². The van der Waals surface area contributed by atoms with Crippen LogP contribution in [0.15, 0.2) is 60.7 Å². The molecule has 4 heterocycles. The predicted molar refractivity (Wildman–Crippen MR) is 167 cm³/mol. The van der Waals surface area contributed by atoms with E-state index >= 15 is 0 Å². The lowest BCUT2D eigenvalue weighted by atomic mass is 9.96. The molecule has 5 unspecified atom stereocenters. The molecule has 4 aromatic carbocycles. The third kappa shape index (κ3) is 4.00. The summed E-state index contributed by atoms with van der Waals surface area (Å²) in [5.41, 5.74) is 4.22. The van der Waals surface area contributed by atoms with Gasteiger partial charge in [0, 0.05) is 28.1 Å². The van der Waals surface area contributed by atoms with Crippen LogP contribution in [0.3, 0.4) is 0 Å². The van der Waals surface area contributed by atoms with Crippen molar-refractivity contribution in [3.8, 4) is 17.2 Å². The standard InChI is InChI=1S/C33H28N4O10/c38-12-19-28(42)29(43)30(44)33(47-19)36-26-16(7-3-9-18(26)41)21-23-22(20-15-6-2-8-17(40)24(15)35-25(20)27(21)36)31(45)37(32(23)46)34-11-13-4-1-5-14(39)10-13/h1-10,19,28-30,33-35,38-44H,11-12H2. The number of aromatic nitrogens is 2. The summed E-state index contributed by atoms with van der Waals surface area (Å²) >= 11 is 0. The number of fused-ring (bicyclic) bond motifs is 10. The Hall–Kier alpha value is -5.22. The van der Waals surface area contributed by atoms with E-state index in [0.717, 1.165) is 5.01 Å². The van der Waals surface area contributed by atoms with Crippen LogP contribution in [0.2, 0.25) is 0 Å². The number of rotatable bonds is 5. The number of aromatic hydroxyl groups is 3. The van der Waals surface area contributed by atoms with E-state index in [4.69, 9.17) is 4.74 Å². The molecule has 0 spiro atoms. The minimum Gasteiger partial charge on any atom is -0.508 e. The van der Waals surface area contributed by atoms with Crippen molar-refractivity contribution >= 4 is 55.4 Å². The molecule has 0 bridgehead atoms. The summed E-state index contributed by atoms with van der Waals surface area (Å²) < 4.78 is 7.34. The number of aliphatic hydroxyl groups excluding tert-OH is 4. The van der Waals surface area contributed by atoms with E-state index in [-0.39, 0.29) is 67.8 Å². The molecule has 14 heteroatoms. The maximum absolute atomic E-state index is 14.3. The van der Waals surface area contributed by atoms with Crippen LogP contribution in [0.25, 0.3) is 43.6 Å². The van der Waals surface area contributed by atoms with Crippen LogP contribution < -0.4 is 5.43 Å². The maximum Gasteiger partial charge on any atom is 0.276 e. The van der Waals surface area contributed by atoms with Crippen molar-refractivity contribution in [3.05, 3.63) is 77.4 Å². The van der Waals surface area contributed by atoms with Gasteiger partial charge in [0.05, 0.1) is 39.8 Å². The largest absolute Gasteiger partial charge is 0.508 e. The minimum atomic E-state index is -1.77. The highest BCUT2D eigenvalue weighted by atomic mass is 16.6. The molecular formula is C33H28N4O10. The fraction of sp³-hybridized carbons (Fsp3) is 0.212. The third-order valence-corrected chi connectivity index (χ3v) is 9.11. The van der Waals surface area contributed by atoms with Crippen LogP contribution in [0, 0.1) is 0 Å². The second kappa shape index (κ2) is 10.4. The Morgan fingerprint density at radius 1 is 0.766 bits per heavy atom. The average molecular weight is 641 g/mol. The highest BCUT2D eigenvalue weighted by molar-refractivity contribution is 6.39. The number of nitrogens with one attached hydrogen (secondary N) is 2. The molecule has 5 atom stereocenters. The van der Waals surface area contributed by atoms with E-state index in [2.05, 4.69) is 10.4 Å². The number of phenolic OH excluding ortho intramolecular Hbond substituents is 3. The maximum atomic E-state index is 14.3. The summed E-state index contributed by atoms with van der Waals surface area (Å²) in [6, 6.07) is 15.6. The summed E-state index contributed by atoms with van der Waals surface area (Å²) in [4.78, 5) is 31.7. The van der Waals surface area contributed by atoms with Crippen molar-refractivity contribution in [2.75, 3.05) is 6.61 Å². The van der Waals surface area contributed by atoms with Gasteiger partial charge in [0.1, 0.15) is 41.7 Å². The highest BCUT2D eigenvalue weighted by Gasteiger charge is 2.47. The number of aromatic amines is 1. The first kappa shape index (κ1) is 29.2. The average Bonchev–Trinajstić information content (AvgIpc) is 3.68. The first-order chi connectivity index (χ1) is 22.6. The molecule has 1 fully saturated rings. The molecule has 2 aliphatic rings. The molecule has 2 aromatic heterocycles. The number of phenols is 3. The van der Waals surface area contributed by atoms with E-state index in [1.165, 1.54) is 28.8 Å². The number of hydrogen-bond acceptors (Lipinski definition) is 11. The van der Waals surface area contributed by atoms with Crippen molar-refractivity contribution in [2.45, 2.75) is 37.2 Å². The molecule has 6 aromatic rings. The molecule has 0 radical (unpaired) electrons. The number of aliphatic hydroxyl groups is 4. The number of nitrogens with zero attached hydrogens (tertiary/aromatic N) is 2. The normalized spacial score (nSPS) is 23.1. The van der Waals surface area contributed by atoms with E-state index in [9.17, 15) is 45.3 Å². The van der Waals surface area contributed by atoms with Crippen molar-refractivity contribution < 1.29 is 50.1 Å². The Labute approximate surface area is 263 Å². The molecule has 2 aliphatic heterocycles. The second-order valence-corrected chi connectivity index (χ2v) is 11.8. The summed E-state index contributed by atoms with van der Waals surface area (Å²) in [5.74, 6) is -1.82. The molecule has 8 rings (SSSR count). The number of imide groups is 1. The number of benzene rings is 4. The number of amides is 2. The molecule has 47 heavy (non-hydrogen) atoms. The van der Waals surface area contributed by atoms with E-state index in [1.807, 2.05) is 0 Å². The molecule has 9 N–H and O–H groups in total. The van der Waals surface area contributed by atoms with Crippen LogP contribution in [0.1, 0.15) is 32.5 Å². The van der Waals surface area contributed by atoms with E-state index in [0.29, 0.717) is 16.3 Å². The molecule has 14 nitrogen and oxygen atoms in total. The van der Waals surface area contributed by atoms with Gasteiger partial charge in [0.2, 0.25) is 0 Å². The van der Waals surface area contributed by atoms with Gasteiger partial charge in [-0.1, -0.05) is 36.4 Å². The first-order valence-electron chi connectivity index (χ1n) is 14.8. The van der Waals surface area contributed by atoms with Crippen molar-refractivity contribution in [1.82, 2.24) is 20.0 Å². The Morgan fingerprint density at radius 3 is 2.17 bits per heavy atom. The van der Waals surface area contributed by atoms with Crippen LogP contribution in [0.5, 0.6) is 17.2 Å². The van der Waals surface area contributed by atoms with Gasteiger partial charge in [-0.3, -0.25) is 9.59 Å². The zero-order valence-electron chi connectivity index (χ0n) is 24.3. The van der Waals surface area contributed by atoms with Crippen molar-refractivity contribution in [2.24, 2.45) is 0 Å². The Morgan fingerprint density at radius 2 is 1.45 bits per heavy atom. The van der Waals surface area contributed by atoms with Crippen molar-refractivity contribution in [1.29, 1.82) is 0 Å². The fourth-order valence-corrected chi connectivity index (χ4v) is 7.01. The lowest BCUT2D eigenvalue weighted by Gasteiger charge is -2.41. The number of carbonyl (C=O) groups is 2. The smallest absolute Gasteiger partial charge is 0.276 e. The van der Waals surface area contributed by atoms with Gasteiger partial charge in [0.25, 0.3) is 11.8 Å². The molecule has 1 saturated heterocycles. The molecule has 0 aliphatic carbocycles. The van der Waals surface area contributed by atoms with Gasteiger partial charge in [-0.2, -0.15) is 0 Å². The summed E-state index contributed by atoms with van der Waals surface area (Å²) in [5, 5.41) is 76.5. The Balaban J connectivity index is 1.46. The SMILES string of the molecule is O=C1c2c(c3c4cccc(O)c4n(C4OC(CO)C(O)C(O)C4O)c3c3[nH]c4c(O)cccc4c23)C(=O)N1NCc1cccc(O)c1. The number of ether oxygens (including phenoxy) is 1. The second-order valence-electron chi connectivity index (χ2n) is 11.8. The third-order valence-electron chi connectivity index (χ3n) is 9.11. The monoisotopic (exact) mass is 640 g/mol. The van der Waals surface area contributed by atoms with Gasteiger partial charge >= 0.3 is 0 Å². The summed E-state index contributed by atoms with van der Waals surface area (Å²) in [6.07, 6.45) is -8.00. The number of hydrazine groups is 1. The van der Waals surface area contributed by atoms with Gasteiger partial charge < -0.3 is 50.0 Å². The van der Waals surface area contributed by atoms with E-state index < -0.39 is 49.1 Å². The quantitative estimate of drug-likeness (QED) is 0.124. The number of para-hydroxylation sites is 2. The van der Waals surface area contributed by atoms with Crippen LogP contribution in [-0.2, 0) is 11.3 Å². The highest BCUT2D eigenvalue weighted by Crippen LogP contribution is 2.49. The molecular weight excluding hydrogens is 612 g/mol. The lowest BCUT2D eigenvalue weighted by molar-refractivity contribution is -0.249. The van der Waals surface area contributed by atoms with Crippen LogP contribution >= 0.6 is 0 Å². The Kier molecular flexibility index (Phi) is 6.46. The summed E-state index contributed by atoms with van der Waals surface area (Å²) in [7, 11) is 0. The summed E-state index contributed by atoms with van der Waals surface area (Å²) in [6.45, 7) is -0.698. The zero-order chi connectivity index (χ0) is 32.9. The van der Waals surface area contributed by atoms with E-state index in [1.54, 1.807) is 36.4 Å². The fourth-order valence-electron chi connectivity index (χ4n) is 7.01. The number of carbonyl (C=O) groups excluding carboxylic acids is 2. The van der Waals surface area contributed by atoms with Gasteiger partial charge in [-0.05, 0) is 29.8 Å². The number of hydrogen-bond donors (Lipinski definition) is 9. The van der Waals surface area contributed by atoms with Crippen molar-refractivity contribution in [3.63, 3.8) is 0 Å². The molecule has 2 amide bonds. The first-order valence-corrected chi connectivity index (χ1v) is 14.8. The zero-order valence-corrected chi connectivity index (χ0v) is 24.3. The number of H-pyrrole nitrogens is 1. The van der Waals surface area contributed by atoms with Crippen LogP contribution in [-0.4, -0.2) is 93.1 Å². The topological polar surface area (TPSA) is 221 Å².